The summed E-state index contributed by atoms with van der Waals surface area (Å²) in [4.78, 5) is 13.4. The summed E-state index contributed by atoms with van der Waals surface area (Å²) in [5.74, 6) is -0.00398. The van der Waals surface area contributed by atoms with E-state index in [1.165, 1.54) is 4.88 Å². The minimum Gasteiger partial charge on any atom is -0.350 e. The molecule has 0 radical (unpaired) electrons. The number of rotatable bonds is 6. The fraction of sp³-hybridized carbons (Fsp3) is 0.357. The first kappa shape index (κ1) is 14.3. The molecule has 2 aromatic heterocycles. The molecule has 2 heterocycles. The average Bonchev–Trinajstić information content (AvgIpc) is 2.99. The van der Waals surface area contributed by atoms with Crippen LogP contribution in [0.25, 0.3) is 0 Å². The Balaban J connectivity index is 1.92. The molecule has 0 aromatic carbocycles. The molecule has 0 spiro atoms. The van der Waals surface area contributed by atoms with Crippen molar-refractivity contribution in [2.24, 2.45) is 0 Å². The molecule has 0 aliphatic heterocycles. The molecule has 2 rings (SSSR count). The minimum absolute atomic E-state index is 0.00398. The molecule has 2 aromatic rings. The Kier molecular flexibility index (Phi) is 5.22. The van der Waals surface area contributed by atoms with Gasteiger partial charge in [0.1, 0.15) is 5.69 Å². The molecule has 19 heavy (non-hydrogen) atoms. The van der Waals surface area contributed by atoms with Crippen LogP contribution in [0, 0.1) is 0 Å². The quantitative estimate of drug-likeness (QED) is 0.854. The van der Waals surface area contributed by atoms with Crippen LogP contribution in [-0.2, 0) is 13.0 Å². The molecule has 3 nitrogen and oxygen atoms in total. The Morgan fingerprint density at radius 1 is 1.53 bits per heavy atom. The number of halogens is 1. The van der Waals surface area contributed by atoms with Crippen molar-refractivity contribution in [3.05, 3.63) is 44.8 Å². The zero-order chi connectivity index (χ0) is 13.7. The molecular weight excluding hydrogens is 324 g/mol. The fourth-order valence-electron chi connectivity index (χ4n) is 1.94. The number of thiophene rings is 1. The van der Waals surface area contributed by atoms with Gasteiger partial charge in [0.15, 0.2) is 0 Å². The van der Waals surface area contributed by atoms with Gasteiger partial charge in [-0.1, -0.05) is 13.0 Å². The van der Waals surface area contributed by atoms with E-state index in [2.05, 4.69) is 39.6 Å². The van der Waals surface area contributed by atoms with Crippen molar-refractivity contribution in [1.82, 2.24) is 9.88 Å². The molecular formula is C14H17BrN2OS. The summed E-state index contributed by atoms with van der Waals surface area (Å²) in [5, 5.41) is 5.03. The van der Waals surface area contributed by atoms with Gasteiger partial charge in [0, 0.05) is 28.6 Å². The lowest BCUT2D eigenvalue weighted by Crippen LogP contribution is -2.27. The number of hydrogen-bond donors (Lipinski definition) is 1. The van der Waals surface area contributed by atoms with Gasteiger partial charge in [-0.2, -0.15) is 0 Å². The van der Waals surface area contributed by atoms with E-state index in [1.54, 1.807) is 11.3 Å². The van der Waals surface area contributed by atoms with Crippen LogP contribution in [0.2, 0.25) is 0 Å². The highest BCUT2D eigenvalue weighted by molar-refractivity contribution is 9.10. The van der Waals surface area contributed by atoms with Gasteiger partial charge in [0.05, 0.1) is 0 Å². The zero-order valence-corrected chi connectivity index (χ0v) is 13.3. The molecule has 5 heteroatoms. The molecule has 0 saturated heterocycles. The topological polar surface area (TPSA) is 34.0 Å². The predicted octanol–water partition coefficient (Wildman–Crippen LogP) is 3.69. The first-order valence-electron chi connectivity index (χ1n) is 6.37. The molecule has 0 aliphatic carbocycles. The lowest BCUT2D eigenvalue weighted by Gasteiger charge is -2.08. The number of hydrogen-bond acceptors (Lipinski definition) is 2. The van der Waals surface area contributed by atoms with Crippen molar-refractivity contribution < 1.29 is 4.79 Å². The van der Waals surface area contributed by atoms with Crippen LogP contribution >= 0.6 is 27.3 Å². The van der Waals surface area contributed by atoms with E-state index in [1.807, 2.05) is 22.9 Å². The lowest BCUT2D eigenvalue weighted by molar-refractivity contribution is 0.0945. The van der Waals surface area contributed by atoms with Crippen molar-refractivity contribution in [1.29, 1.82) is 0 Å². The molecule has 0 unspecified atom stereocenters. The van der Waals surface area contributed by atoms with Gasteiger partial charge >= 0.3 is 0 Å². The Morgan fingerprint density at radius 2 is 2.37 bits per heavy atom. The number of carbonyl (C=O) groups excluding carboxylic acids is 1. The van der Waals surface area contributed by atoms with Crippen LogP contribution < -0.4 is 5.32 Å². The number of nitrogens with one attached hydrogen (secondary N) is 1. The van der Waals surface area contributed by atoms with E-state index >= 15 is 0 Å². The van der Waals surface area contributed by atoms with Crippen molar-refractivity contribution in [2.45, 2.75) is 26.3 Å². The Labute approximate surface area is 125 Å². The molecule has 1 N–H and O–H groups in total. The maximum atomic E-state index is 12.1. The van der Waals surface area contributed by atoms with Crippen LogP contribution in [0.4, 0.5) is 0 Å². The van der Waals surface area contributed by atoms with Gasteiger partial charge < -0.3 is 9.88 Å². The summed E-state index contributed by atoms with van der Waals surface area (Å²) in [6.07, 6.45) is 3.85. The minimum atomic E-state index is -0.00398. The average molecular weight is 341 g/mol. The maximum absolute atomic E-state index is 12.1. The van der Waals surface area contributed by atoms with Crippen LogP contribution in [0.15, 0.2) is 34.2 Å². The largest absolute Gasteiger partial charge is 0.350 e. The van der Waals surface area contributed by atoms with Crippen molar-refractivity contribution in [3.63, 3.8) is 0 Å². The summed E-state index contributed by atoms with van der Waals surface area (Å²) < 4.78 is 2.94. The van der Waals surface area contributed by atoms with Gasteiger partial charge in [-0.05, 0) is 46.3 Å². The monoisotopic (exact) mass is 340 g/mol. The first-order valence-corrected chi connectivity index (χ1v) is 8.04. The van der Waals surface area contributed by atoms with E-state index in [-0.39, 0.29) is 5.91 Å². The van der Waals surface area contributed by atoms with Gasteiger partial charge in [0.2, 0.25) is 0 Å². The van der Waals surface area contributed by atoms with E-state index in [0.29, 0.717) is 6.54 Å². The molecule has 0 atom stereocenters. The third-order valence-electron chi connectivity index (χ3n) is 2.80. The Bertz CT molecular complexity index is 534. The van der Waals surface area contributed by atoms with Gasteiger partial charge in [-0.3, -0.25) is 4.79 Å². The molecule has 0 bridgehead atoms. The van der Waals surface area contributed by atoms with Crippen LogP contribution in [0.5, 0.6) is 0 Å². The Hall–Kier alpha value is -1.07. The summed E-state index contributed by atoms with van der Waals surface area (Å²) in [5.41, 5.74) is 0.722. The summed E-state index contributed by atoms with van der Waals surface area (Å²) in [6.45, 7) is 3.64. The second-order valence-corrected chi connectivity index (χ2v) is 6.27. The second-order valence-electron chi connectivity index (χ2n) is 4.32. The van der Waals surface area contributed by atoms with E-state index in [4.69, 9.17) is 0 Å². The number of amides is 1. The number of carbonyl (C=O) groups is 1. The third kappa shape index (κ3) is 3.94. The lowest BCUT2D eigenvalue weighted by atomic mass is 10.3. The maximum Gasteiger partial charge on any atom is 0.267 e. The number of nitrogens with zero attached hydrogens (tertiary/aromatic N) is 1. The third-order valence-corrected chi connectivity index (χ3v) is 4.17. The highest BCUT2D eigenvalue weighted by Crippen LogP contribution is 2.15. The SMILES string of the molecule is CCCn1cc(Br)cc1C(=O)NCCc1cccs1. The number of aryl methyl sites for hydroxylation is 1. The summed E-state index contributed by atoms with van der Waals surface area (Å²) in [7, 11) is 0. The highest BCUT2D eigenvalue weighted by Gasteiger charge is 2.12. The van der Waals surface area contributed by atoms with Crippen molar-refractivity contribution in [2.75, 3.05) is 6.54 Å². The number of aromatic nitrogens is 1. The van der Waals surface area contributed by atoms with E-state index in [0.717, 1.165) is 29.6 Å². The van der Waals surface area contributed by atoms with Crippen molar-refractivity contribution in [3.8, 4) is 0 Å². The van der Waals surface area contributed by atoms with E-state index in [9.17, 15) is 4.79 Å². The second kappa shape index (κ2) is 6.91. The Morgan fingerprint density at radius 3 is 3.05 bits per heavy atom. The predicted molar refractivity (Wildman–Crippen MR) is 82.8 cm³/mol. The highest BCUT2D eigenvalue weighted by atomic mass is 79.9. The van der Waals surface area contributed by atoms with Gasteiger partial charge in [-0.15, -0.1) is 11.3 Å². The fourth-order valence-corrected chi connectivity index (χ4v) is 3.11. The zero-order valence-electron chi connectivity index (χ0n) is 10.9. The van der Waals surface area contributed by atoms with Gasteiger partial charge in [-0.25, -0.2) is 0 Å². The first-order chi connectivity index (χ1) is 9.20. The molecule has 102 valence electrons. The van der Waals surface area contributed by atoms with Crippen molar-refractivity contribution >= 4 is 33.2 Å². The van der Waals surface area contributed by atoms with Crippen LogP contribution in [0.1, 0.15) is 28.7 Å². The normalized spacial score (nSPS) is 10.6. The summed E-state index contributed by atoms with van der Waals surface area (Å²) in [6, 6.07) is 5.99. The van der Waals surface area contributed by atoms with Gasteiger partial charge in [0.25, 0.3) is 5.91 Å². The summed E-state index contributed by atoms with van der Waals surface area (Å²) >= 11 is 5.14. The molecule has 1 amide bonds. The smallest absolute Gasteiger partial charge is 0.267 e. The molecule has 0 saturated carbocycles. The van der Waals surface area contributed by atoms with Crippen LogP contribution in [0.3, 0.4) is 0 Å². The molecule has 0 aliphatic rings. The van der Waals surface area contributed by atoms with E-state index < -0.39 is 0 Å². The standard InChI is InChI=1S/C14H17BrN2OS/c1-2-7-17-10-11(15)9-13(17)14(18)16-6-5-12-4-3-8-19-12/h3-4,8-10H,2,5-7H2,1H3,(H,16,18). The van der Waals surface area contributed by atoms with Crippen LogP contribution in [-0.4, -0.2) is 17.0 Å². The molecule has 0 fully saturated rings.